The molecular weight excluding hydrogens is 258 g/mol. The van der Waals surface area contributed by atoms with E-state index < -0.39 is 0 Å². The summed E-state index contributed by atoms with van der Waals surface area (Å²) in [4.78, 5) is 22.6. The molecule has 2 aromatic rings. The van der Waals surface area contributed by atoms with Gasteiger partial charge in [0.15, 0.2) is 0 Å². The van der Waals surface area contributed by atoms with E-state index in [-0.39, 0.29) is 5.91 Å². The maximum absolute atomic E-state index is 12.6. The van der Waals surface area contributed by atoms with Crippen molar-refractivity contribution >= 4 is 5.91 Å². The number of carbonyl (C=O) groups is 1. The molecule has 0 bridgehead atoms. The van der Waals surface area contributed by atoms with Crippen LogP contribution in [0.2, 0.25) is 0 Å². The van der Waals surface area contributed by atoms with Crippen LogP contribution in [0.1, 0.15) is 21.6 Å². The number of rotatable bonds is 2. The fourth-order valence-corrected chi connectivity index (χ4v) is 2.38. The quantitative estimate of drug-likeness (QED) is 0.792. The minimum Gasteiger partial charge on any atom is -0.479 e. The molecule has 7 heteroatoms. The second-order valence-electron chi connectivity index (χ2n) is 4.70. The third-order valence-electron chi connectivity index (χ3n) is 3.37. The van der Waals surface area contributed by atoms with Crippen molar-refractivity contribution in [3.63, 3.8) is 0 Å². The van der Waals surface area contributed by atoms with E-state index in [2.05, 4.69) is 15.1 Å². The Hall–Kier alpha value is -2.44. The lowest BCUT2D eigenvalue weighted by Crippen LogP contribution is -2.36. The van der Waals surface area contributed by atoms with Crippen LogP contribution in [0.15, 0.2) is 18.7 Å². The standard InChI is InChI=1S/C13H15N5O2/c1-17-7-10(12(16-17)20-2)13(19)18-4-3-11-9(6-18)5-14-8-15-11/h5,7-8H,3-4,6H2,1-2H3. The molecule has 0 fully saturated rings. The highest BCUT2D eigenvalue weighted by molar-refractivity contribution is 5.96. The van der Waals surface area contributed by atoms with Crippen LogP contribution in [0.4, 0.5) is 0 Å². The van der Waals surface area contributed by atoms with Crippen LogP contribution in [0, 0.1) is 0 Å². The van der Waals surface area contributed by atoms with Gasteiger partial charge in [-0.3, -0.25) is 9.48 Å². The number of fused-ring (bicyclic) bond motifs is 1. The van der Waals surface area contributed by atoms with Crippen LogP contribution in [-0.2, 0) is 20.0 Å². The second kappa shape index (κ2) is 4.92. The normalized spacial score (nSPS) is 14.0. The minimum absolute atomic E-state index is 0.0792. The Bertz CT molecular complexity index is 652. The monoisotopic (exact) mass is 273 g/mol. The molecule has 0 unspecified atom stereocenters. The number of hydrogen-bond donors (Lipinski definition) is 0. The van der Waals surface area contributed by atoms with Gasteiger partial charge in [0.25, 0.3) is 5.91 Å². The molecule has 2 aromatic heterocycles. The molecule has 104 valence electrons. The van der Waals surface area contributed by atoms with Crippen molar-refractivity contribution in [3.8, 4) is 5.88 Å². The lowest BCUT2D eigenvalue weighted by atomic mass is 10.1. The number of hydrogen-bond acceptors (Lipinski definition) is 5. The highest BCUT2D eigenvalue weighted by Gasteiger charge is 2.26. The fraction of sp³-hybridized carbons (Fsp3) is 0.385. The Morgan fingerprint density at radius 2 is 2.30 bits per heavy atom. The molecule has 0 aliphatic carbocycles. The molecule has 0 spiro atoms. The van der Waals surface area contributed by atoms with E-state index in [1.807, 2.05) is 0 Å². The van der Waals surface area contributed by atoms with E-state index in [1.165, 1.54) is 7.11 Å². The summed E-state index contributed by atoms with van der Waals surface area (Å²) in [6.07, 6.45) is 5.73. The topological polar surface area (TPSA) is 73.1 Å². The van der Waals surface area contributed by atoms with Crippen molar-refractivity contribution in [1.82, 2.24) is 24.6 Å². The molecule has 0 aromatic carbocycles. The van der Waals surface area contributed by atoms with E-state index in [9.17, 15) is 4.79 Å². The number of nitrogens with zero attached hydrogens (tertiary/aromatic N) is 5. The molecule has 0 saturated heterocycles. The zero-order chi connectivity index (χ0) is 14.1. The number of amides is 1. The summed E-state index contributed by atoms with van der Waals surface area (Å²) in [6, 6.07) is 0. The highest BCUT2D eigenvalue weighted by atomic mass is 16.5. The van der Waals surface area contributed by atoms with Crippen molar-refractivity contribution < 1.29 is 9.53 Å². The molecule has 0 radical (unpaired) electrons. The average Bonchev–Trinajstić information content (AvgIpc) is 2.87. The summed E-state index contributed by atoms with van der Waals surface area (Å²) in [6.45, 7) is 1.16. The van der Waals surface area contributed by atoms with Gasteiger partial charge in [0.05, 0.1) is 12.8 Å². The van der Waals surface area contributed by atoms with Gasteiger partial charge in [-0.2, -0.15) is 0 Å². The van der Waals surface area contributed by atoms with E-state index in [0.29, 0.717) is 24.5 Å². The molecule has 0 saturated carbocycles. The molecule has 1 amide bonds. The van der Waals surface area contributed by atoms with Gasteiger partial charge < -0.3 is 9.64 Å². The third kappa shape index (κ3) is 2.11. The van der Waals surface area contributed by atoms with Crippen LogP contribution in [0.25, 0.3) is 0 Å². The lowest BCUT2D eigenvalue weighted by Gasteiger charge is -2.27. The molecule has 20 heavy (non-hydrogen) atoms. The van der Waals surface area contributed by atoms with Gasteiger partial charge in [-0.05, 0) is 0 Å². The van der Waals surface area contributed by atoms with Crippen LogP contribution in [-0.4, -0.2) is 44.2 Å². The van der Waals surface area contributed by atoms with Gasteiger partial charge >= 0.3 is 0 Å². The number of methoxy groups -OCH3 is 1. The van der Waals surface area contributed by atoms with E-state index in [4.69, 9.17) is 4.74 Å². The summed E-state index contributed by atoms with van der Waals surface area (Å²) in [5, 5.41) is 4.11. The Morgan fingerprint density at radius 3 is 3.10 bits per heavy atom. The summed E-state index contributed by atoms with van der Waals surface area (Å²) < 4.78 is 6.72. The van der Waals surface area contributed by atoms with Gasteiger partial charge in [-0.25, -0.2) is 9.97 Å². The number of ether oxygens (including phenoxy) is 1. The van der Waals surface area contributed by atoms with Gasteiger partial charge in [-0.1, -0.05) is 0 Å². The Labute approximate surface area is 116 Å². The zero-order valence-electron chi connectivity index (χ0n) is 11.4. The third-order valence-corrected chi connectivity index (χ3v) is 3.37. The molecule has 0 N–H and O–H groups in total. The van der Waals surface area contributed by atoms with Crippen molar-refractivity contribution in [1.29, 1.82) is 0 Å². The Morgan fingerprint density at radius 1 is 1.45 bits per heavy atom. The molecule has 7 nitrogen and oxygen atoms in total. The highest BCUT2D eigenvalue weighted by Crippen LogP contribution is 2.22. The van der Waals surface area contributed by atoms with Crippen LogP contribution in [0.3, 0.4) is 0 Å². The summed E-state index contributed by atoms with van der Waals surface area (Å²) in [7, 11) is 3.27. The van der Waals surface area contributed by atoms with Gasteiger partial charge in [0.2, 0.25) is 5.88 Å². The van der Waals surface area contributed by atoms with Gasteiger partial charge in [0.1, 0.15) is 11.9 Å². The lowest BCUT2D eigenvalue weighted by molar-refractivity contribution is 0.0730. The first-order valence-corrected chi connectivity index (χ1v) is 6.33. The molecule has 3 rings (SSSR count). The maximum Gasteiger partial charge on any atom is 0.261 e. The smallest absolute Gasteiger partial charge is 0.261 e. The summed E-state index contributed by atoms with van der Waals surface area (Å²) in [5.74, 6) is 0.275. The van der Waals surface area contributed by atoms with Crippen molar-refractivity contribution in [3.05, 3.63) is 35.5 Å². The first-order chi connectivity index (χ1) is 9.69. The maximum atomic E-state index is 12.6. The van der Waals surface area contributed by atoms with Gasteiger partial charge in [-0.15, -0.1) is 5.10 Å². The molecule has 3 heterocycles. The molecule has 0 atom stereocenters. The van der Waals surface area contributed by atoms with Crippen LogP contribution in [0.5, 0.6) is 5.88 Å². The van der Waals surface area contributed by atoms with Gasteiger partial charge in [0, 0.05) is 44.5 Å². The Kier molecular flexibility index (Phi) is 3.09. The summed E-state index contributed by atoms with van der Waals surface area (Å²) in [5.41, 5.74) is 2.49. The first kappa shape index (κ1) is 12.6. The zero-order valence-corrected chi connectivity index (χ0v) is 11.4. The average molecular weight is 273 g/mol. The predicted octanol–water partition coefficient (Wildman–Crippen LogP) is 0.417. The van der Waals surface area contributed by atoms with Crippen LogP contribution >= 0.6 is 0 Å². The van der Waals surface area contributed by atoms with E-state index in [0.717, 1.165) is 17.7 Å². The van der Waals surface area contributed by atoms with E-state index >= 15 is 0 Å². The van der Waals surface area contributed by atoms with Crippen molar-refractivity contribution in [2.45, 2.75) is 13.0 Å². The first-order valence-electron chi connectivity index (χ1n) is 6.33. The second-order valence-corrected chi connectivity index (χ2v) is 4.70. The fourth-order valence-electron chi connectivity index (χ4n) is 2.38. The largest absolute Gasteiger partial charge is 0.479 e. The summed E-state index contributed by atoms with van der Waals surface area (Å²) >= 11 is 0. The predicted molar refractivity (Wildman–Crippen MR) is 70.2 cm³/mol. The number of aromatic nitrogens is 4. The SMILES string of the molecule is COc1nn(C)cc1C(=O)N1CCc2ncncc2C1. The van der Waals surface area contributed by atoms with Crippen molar-refractivity contribution in [2.24, 2.45) is 7.05 Å². The number of aryl methyl sites for hydroxylation is 1. The Balaban J connectivity index is 1.85. The minimum atomic E-state index is -0.0792. The van der Waals surface area contributed by atoms with Crippen LogP contribution < -0.4 is 4.74 Å². The van der Waals surface area contributed by atoms with Crippen molar-refractivity contribution in [2.75, 3.05) is 13.7 Å². The molecule has 1 aliphatic heterocycles. The molecular formula is C13H15N5O2. The number of carbonyl (C=O) groups excluding carboxylic acids is 1. The van der Waals surface area contributed by atoms with E-state index in [1.54, 1.807) is 35.4 Å². The molecule has 1 aliphatic rings.